The van der Waals surface area contributed by atoms with Gasteiger partial charge in [-0.2, -0.15) is 13.2 Å². The van der Waals surface area contributed by atoms with Gasteiger partial charge in [0.1, 0.15) is 5.69 Å². The van der Waals surface area contributed by atoms with Crippen molar-refractivity contribution in [1.29, 1.82) is 0 Å². The van der Waals surface area contributed by atoms with E-state index in [1.807, 2.05) is 0 Å². The normalized spacial score (nSPS) is 16.8. The number of nitrogens with one attached hydrogen (secondary N) is 1. The standard InChI is InChI=1S/C13H14ClF3N2O/c14-6-5-12(3-4-12)8-19-11(20)10-2-1-9(7-18-10)13(15,16)17/h1-2,7H,3-6,8H2,(H,19,20). The van der Waals surface area contributed by atoms with Crippen LogP contribution in [0.1, 0.15) is 35.3 Å². The summed E-state index contributed by atoms with van der Waals surface area (Å²) in [5, 5.41) is 2.70. The van der Waals surface area contributed by atoms with Crippen LogP contribution in [0, 0.1) is 5.41 Å². The third kappa shape index (κ3) is 3.62. The Balaban J connectivity index is 1.93. The van der Waals surface area contributed by atoms with Crippen molar-refractivity contribution in [3.05, 3.63) is 29.6 Å². The average Bonchev–Trinajstić information content (AvgIpc) is 3.16. The first-order valence-corrected chi connectivity index (χ1v) is 6.77. The summed E-state index contributed by atoms with van der Waals surface area (Å²) >= 11 is 5.69. The van der Waals surface area contributed by atoms with E-state index in [9.17, 15) is 18.0 Å². The van der Waals surface area contributed by atoms with E-state index in [1.54, 1.807) is 0 Å². The highest BCUT2D eigenvalue weighted by molar-refractivity contribution is 6.17. The van der Waals surface area contributed by atoms with Crippen LogP contribution in [-0.4, -0.2) is 23.3 Å². The average molecular weight is 307 g/mol. The van der Waals surface area contributed by atoms with E-state index in [-0.39, 0.29) is 11.1 Å². The molecule has 3 nitrogen and oxygen atoms in total. The molecule has 1 fully saturated rings. The molecule has 20 heavy (non-hydrogen) atoms. The second kappa shape index (κ2) is 5.60. The highest BCUT2D eigenvalue weighted by Crippen LogP contribution is 2.48. The zero-order chi connectivity index (χ0) is 14.8. The smallest absolute Gasteiger partial charge is 0.350 e. The molecule has 1 aliphatic carbocycles. The molecule has 0 unspecified atom stereocenters. The molecule has 1 heterocycles. The summed E-state index contributed by atoms with van der Waals surface area (Å²) in [5.74, 6) is 0.0774. The lowest BCUT2D eigenvalue weighted by Crippen LogP contribution is -2.31. The Morgan fingerprint density at radius 2 is 2.10 bits per heavy atom. The van der Waals surface area contributed by atoms with Crippen LogP contribution < -0.4 is 5.32 Å². The van der Waals surface area contributed by atoms with Gasteiger partial charge < -0.3 is 5.32 Å². The molecule has 110 valence electrons. The topological polar surface area (TPSA) is 42.0 Å². The Hall–Kier alpha value is -1.30. The Morgan fingerprint density at radius 3 is 2.55 bits per heavy atom. The van der Waals surface area contributed by atoms with E-state index < -0.39 is 17.6 Å². The Bertz CT molecular complexity index is 483. The number of aromatic nitrogens is 1. The van der Waals surface area contributed by atoms with Gasteiger partial charge >= 0.3 is 6.18 Å². The molecule has 1 aromatic rings. The molecule has 1 aliphatic rings. The Kier molecular flexibility index (Phi) is 4.22. The summed E-state index contributed by atoms with van der Waals surface area (Å²) in [7, 11) is 0. The second-order valence-electron chi connectivity index (χ2n) is 5.05. The van der Waals surface area contributed by atoms with Gasteiger partial charge in [0.25, 0.3) is 5.91 Å². The fraction of sp³-hybridized carbons (Fsp3) is 0.538. The number of hydrogen-bond acceptors (Lipinski definition) is 2. The molecule has 1 saturated carbocycles. The van der Waals surface area contributed by atoms with Crippen molar-refractivity contribution in [3.8, 4) is 0 Å². The van der Waals surface area contributed by atoms with E-state index in [4.69, 9.17) is 11.6 Å². The maximum absolute atomic E-state index is 12.4. The second-order valence-corrected chi connectivity index (χ2v) is 5.43. The fourth-order valence-electron chi connectivity index (χ4n) is 1.95. The van der Waals surface area contributed by atoms with Crippen LogP contribution in [0.5, 0.6) is 0 Å². The van der Waals surface area contributed by atoms with Crippen LogP contribution in [0.4, 0.5) is 13.2 Å². The van der Waals surface area contributed by atoms with E-state index in [1.165, 1.54) is 0 Å². The van der Waals surface area contributed by atoms with Crippen LogP contribution in [-0.2, 0) is 6.18 Å². The summed E-state index contributed by atoms with van der Waals surface area (Å²) < 4.78 is 37.1. The van der Waals surface area contributed by atoms with Crippen molar-refractivity contribution in [2.24, 2.45) is 5.41 Å². The lowest BCUT2D eigenvalue weighted by molar-refractivity contribution is -0.137. The number of rotatable bonds is 5. The minimum Gasteiger partial charge on any atom is -0.350 e. The van der Waals surface area contributed by atoms with E-state index in [0.29, 0.717) is 18.6 Å². The summed E-state index contributed by atoms with van der Waals surface area (Å²) in [6, 6.07) is 1.94. The zero-order valence-electron chi connectivity index (χ0n) is 10.6. The van der Waals surface area contributed by atoms with Gasteiger partial charge in [-0.1, -0.05) is 0 Å². The number of carbonyl (C=O) groups is 1. The van der Waals surface area contributed by atoms with Crippen LogP contribution in [0.2, 0.25) is 0 Å². The molecule has 0 spiro atoms. The van der Waals surface area contributed by atoms with Crippen molar-refractivity contribution in [2.75, 3.05) is 12.4 Å². The largest absolute Gasteiger partial charge is 0.417 e. The molecule has 1 amide bonds. The summed E-state index contributed by atoms with van der Waals surface area (Å²) in [6.07, 6.45) is -0.919. The molecule has 0 aliphatic heterocycles. The highest BCUT2D eigenvalue weighted by Gasteiger charge is 2.41. The molecule has 0 bridgehead atoms. The molecule has 0 atom stereocenters. The first-order valence-electron chi connectivity index (χ1n) is 6.24. The summed E-state index contributed by atoms with van der Waals surface area (Å²) in [5.41, 5.74) is -0.807. The van der Waals surface area contributed by atoms with E-state index in [2.05, 4.69) is 10.3 Å². The van der Waals surface area contributed by atoms with E-state index in [0.717, 1.165) is 31.4 Å². The summed E-state index contributed by atoms with van der Waals surface area (Å²) in [4.78, 5) is 15.4. The maximum atomic E-state index is 12.4. The predicted molar refractivity (Wildman–Crippen MR) is 68.6 cm³/mol. The van der Waals surface area contributed by atoms with Gasteiger partial charge in [0.15, 0.2) is 0 Å². The minimum atomic E-state index is -4.44. The van der Waals surface area contributed by atoms with Gasteiger partial charge in [-0.05, 0) is 36.8 Å². The Morgan fingerprint density at radius 1 is 1.40 bits per heavy atom. The molecule has 0 radical (unpaired) electrons. The van der Waals surface area contributed by atoms with Crippen molar-refractivity contribution in [3.63, 3.8) is 0 Å². The molecule has 1 N–H and O–H groups in total. The van der Waals surface area contributed by atoms with Gasteiger partial charge in [0.05, 0.1) is 5.56 Å². The van der Waals surface area contributed by atoms with Crippen LogP contribution in [0.3, 0.4) is 0 Å². The molecule has 7 heteroatoms. The van der Waals surface area contributed by atoms with Crippen LogP contribution in [0.15, 0.2) is 18.3 Å². The zero-order valence-corrected chi connectivity index (χ0v) is 11.4. The quantitative estimate of drug-likeness (QED) is 0.849. The number of halogens is 4. The number of pyridine rings is 1. The van der Waals surface area contributed by atoms with Gasteiger partial charge in [0, 0.05) is 18.6 Å². The molecule has 0 saturated heterocycles. The maximum Gasteiger partial charge on any atom is 0.417 e. The monoisotopic (exact) mass is 306 g/mol. The van der Waals surface area contributed by atoms with Crippen molar-refractivity contribution < 1.29 is 18.0 Å². The minimum absolute atomic E-state index is 0.0142. The van der Waals surface area contributed by atoms with Crippen LogP contribution in [0.25, 0.3) is 0 Å². The number of amides is 1. The highest BCUT2D eigenvalue weighted by atomic mass is 35.5. The van der Waals surface area contributed by atoms with Gasteiger partial charge in [0.2, 0.25) is 0 Å². The SMILES string of the molecule is O=C(NCC1(CCCl)CC1)c1ccc(C(F)(F)F)cn1. The Labute approximate surface area is 119 Å². The molecule has 0 aromatic carbocycles. The third-order valence-corrected chi connectivity index (χ3v) is 3.72. The number of nitrogens with zero attached hydrogens (tertiary/aromatic N) is 1. The number of carbonyl (C=O) groups excluding carboxylic acids is 1. The lowest BCUT2D eigenvalue weighted by atomic mass is 10.0. The van der Waals surface area contributed by atoms with Crippen LogP contribution >= 0.6 is 11.6 Å². The third-order valence-electron chi connectivity index (χ3n) is 3.53. The van der Waals surface area contributed by atoms with Crippen molar-refractivity contribution in [1.82, 2.24) is 10.3 Å². The predicted octanol–water partition coefficient (Wildman–Crippen LogP) is 3.24. The lowest BCUT2D eigenvalue weighted by Gasteiger charge is -2.14. The van der Waals surface area contributed by atoms with Crippen molar-refractivity contribution >= 4 is 17.5 Å². The van der Waals surface area contributed by atoms with Gasteiger partial charge in [-0.15, -0.1) is 11.6 Å². The fourth-order valence-corrected chi connectivity index (χ4v) is 2.35. The molecule has 2 rings (SSSR count). The summed E-state index contributed by atoms with van der Waals surface area (Å²) in [6.45, 7) is 0.487. The van der Waals surface area contributed by atoms with E-state index >= 15 is 0 Å². The van der Waals surface area contributed by atoms with Gasteiger partial charge in [-0.25, -0.2) is 0 Å². The molecular weight excluding hydrogens is 293 g/mol. The first-order chi connectivity index (χ1) is 9.36. The molecular formula is C13H14ClF3N2O. The number of alkyl halides is 4. The molecule has 1 aromatic heterocycles. The van der Waals surface area contributed by atoms with Gasteiger partial charge in [-0.3, -0.25) is 9.78 Å². The number of hydrogen-bond donors (Lipinski definition) is 1. The van der Waals surface area contributed by atoms with Crippen molar-refractivity contribution in [2.45, 2.75) is 25.4 Å². The first kappa shape index (κ1) is 15.1.